The SMILES string of the molecule is CC(C)(C)Nc1nnc(CC#N)o1. The van der Waals surface area contributed by atoms with Crippen LogP contribution in [0.3, 0.4) is 0 Å². The molecule has 1 aromatic heterocycles. The van der Waals surface area contributed by atoms with E-state index in [4.69, 9.17) is 9.68 Å². The molecule has 1 rings (SSSR count). The van der Waals surface area contributed by atoms with Crippen LogP contribution >= 0.6 is 0 Å². The van der Waals surface area contributed by atoms with Gasteiger partial charge in [-0.3, -0.25) is 0 Å². The minimum Gasteiger partial charge on any atom is -0.407 e. The van der Waals surface area contributed by atoms with Gasteiger partial charge < -0.3 is 9.73 Å². The average molecular weight is 180 g/mol. The standard InChI is InChI=1S/C8H12N4O/c1-8(2,3)10-7-12-11-6(13-7)4-5-9/h4H2,1-3H3,(H,10,12). The molecule has 0 aliphatic heterocycles. The first kappa shape index (κ1) is 9.52. The minimum atomic E-state index is -0.115. The van der Waals surface area contributed by atoms with Gasteiger partial charge in [0.25, 0.3) is 0 Å². The first-order chi connectivity index (χ1) is 6.01. The van der Waals surface area contributed by atoms with Crippen molar-refractivity contribution in [2.45, 2.75) is 32.7 Å². The fourth-order valence-corrected chi connectivity index (χ4v) is 0.764. The second-order valence-corrected chi connectivity index (χ2v) is 3.71. The summed E-state index contributed by atoms with van der Waals surface area (Å²) in [6.45, 7) is 5.96. The minimum absolute atomic E-state index is 0.115. The monoisotopic (exact) mass is 180 g/mol. The Balaban J connectivity index is 2.65. The second-order valence-electron chi connectivity index (χ2n) is 3.71. The van der Waals surface area contributed by atoms with E-state index in [0.29, 0.717) is 11.9 Å². The summed E-state index contributed by atoms with van der Waals surface area (Å²) >= 11 is 0. The number of anilines is 1. The molecule has 0 aromatic carbocycles. The number of nitrogens with one attached hydrogen (secondary N) is 1. The number of nitriles is 1. The highest BCUT2D eigenvalue weighted by atomic mass is 16.4. The largest absolute Gasteiger partial charge is 0.407 e. The Morgan fingerprint density at radius 3 is 2.69 bits per heavy atom. The molecule has 0 aliphatic rings. The van der Waals surface area contributed by atoms with Gasteiger partial charge in [-0.15, -0.1) is 5.10 Å². The van der Waals surface area contributed by atoms with Crippen LogP contribution in [0.15, 0.2) is 4.42 Å². The van der Waals surface area contributed by atoms with E-state index in [9.17, 15) is 0 Å². The van der Waals surface area contributed by atoms with Crippen molar-refractivity contribution in [2.24, 2.45) is 0 Å². The third kappa shape index (κ3) is 3.11. The van der Waals surface area contributed by atoms with Gasteiger partial charge >= 0.3 is 6.01 Å². The summed E-state index contributed by atoms with van der Waals surface area (Å²) in [5, 5.41) is 18.8. The van der Waals surface area contributed by atoms with Crippen molar-refractivity contribution in [3.63, 3.8) is 0 Å². The van der Waals surface area contributed by atoms with Gasteiger partial charge in [-0.25, -0.2) is 0 Å². The van der Waals surface area contributed by atoms with Crippen molar-refractivity contribution in [1.29, 1.82) is 5.26 Å². The van der Waals surface area contributed by atoms with Gasteiger partial charge in [-0.1, -0.05) is 5.10 Å². The van der Waals surface area contributed by atoms with Crippen LogP contribution < -0.4 is 5.32 Å². The molecule has 0 saturated heterocycles. The van der Waals surface area contributed by atoms with E-state index in [1.807, 2.05) is 26.8 Å². The van der Waals surface area contributed by atoms with Crippen LogP contribution in [0.25, 0.3) is 0 Å². The molecule has 0 unspecified atom stereocenters. The van der Waals surface area contributed by atoms with Crippen molar-refractivity contribution in [3.05, 3.63) is 5.89 Å². The fourth-order valence-electron chi connectivity index (χ4n) is 0.764. The lowest BCUT2D eigenvalue weighted by molar-refractivity contribution is 0.497. The van der Waals surface area contributed by atoms with Crippen molar-refractivity contribution in [1.82, 2.24) is 10.2 Å². The van der Waals surface area contributed by atoms with Crippen LogP contribution in [-0.4, -0.2) is 15.7 Å². The van der Waals surface area contributed by atoms with Crippen LogP contribution in [0, 0.1) is 11.3 Å². The maximum absolute atomic E-state index is 8.36. The van der Waals surface area contributed by atoms with Crippen molar-refractivity contribution >= 4 is 6.01 Å². The summed E-state index contributed by atoms with van der Waals surface area (Å²) in [7, 11) is 0. The predicted octanol–water partition coefficient (Wildman–Crippen LogP) is 1.35. The maximum atomic E-state index is 8.36. The summed E-state index contributed by atoms with van der Waals surface area (Å²) in [6, 6.07) is 2.30. The zero-order valence-electron chi connectivity index (χ0n) is 7.96. The van der Waals surface area contributed by atoms with Crippen LogP contribution in [-0.2, 0) is 6.42 Å². The van der Waals surface area contributed by atoms with Gasteiger partial charge in [-0.05, 0) is 20.8 Å². The van der Waals surface area contributed by atoms with E-state index in [1.165, 1.54) is 0 Å². The Morgan fingerprint density at radius 1 is 1.46 bits per heavy atom. The van der Waals surface area contributed by atoms with Crippen LogP contribution in [0.5, 0.6) is 0 Å². The molecule has 13 heavy (non-hydrogen) atoms. The molecule has 0 amide bonds. The fraction of sp³-hybridized carbons (Fsp3) is 0.625. The van der Waals surface area contributed by atoms with E-state index in [2.05, 4.69) is 15.5 Å². The average Bonchev–Trinajstić information content (AvgIpc) is 2.33. The molecule has 1 aromatic rings. The van der Waals surface area contributed by atoms with Gasteiger partial charge in [0.2, 0.25) is 5.89 Å². The molecule has 0 bridgehead atoms. The normalized spacial score (nSPS) is 10.9. The molecule has 1 N–H and O–H groups in total. The third-order valence-electron chi connectivity index (χ3n) is 1.18. The molecule has 70 valence electrons. The van der Waals surface area contributed by atoms with E-state index in [-0.39, 0.29) is 12.0 Å². The number of hydrogen-bond donors (Lipinski definition) is 1. The van der Waals surface area contributed by atoms with Gasteiger partial charge in [0.05, 0.1) is 6.07 Å². The van der Waals surface area contributed by atoms with E-state index in [1.54, 1.807) is 0 Å². The molecule has 0 saturated carbocycles. The first-order valence-corrected chi connectivity index (χ1v) is 3.99. The third-order valence-corrected chi connectivity index (χ3v) is 1.18. The smallest absolute Gasteiger partial charge is 0.315 e. The highest BCUT2D eigenvalue weighted by Gasteiger charge is 2.13. The highest BCUT2D eigenvalue weighted by Crippen LogP contribution is 2.12. The molecule has 0 aliphatic carbocycles. The maximum Gasteiger partial charge on any atom is 0.315 e. The van der Waals surface area contributed by atoms with Crippen molar-refractivity contribution in [3.8, 4) is 6.07 Å². The molecule has 1 heterocycles. The second kappa shape index (κ2) is 3.44. The Labute approximate surface area is 76.8 Å². The first-order valence-electron chi connectivity index (χ1n) is 3.99. The van der Waals surface area contributed by atoms with Crippen LogP contribution in [0.4, 0.5) is 6.01 Å². The Bertz CT molecular complexity index is 318. The van der Waals surface area contributed by atoms with Gasteiger partial charge in [0.15, 0.2) is 0 Å². The van der Waals surface area contributed by atoms with Crippen LogP contribution in [0.2, 0.25) is 0 Å². The predicted molar refractivity (Wildman–Crippen MR) is 47.0 cm³/mol. The Hall–Kier alpha value is -1.57. The van der Waals surface area contributed by atoms with Gasteiger partial charge in [-0.2, -0.15) is 5.26 Å². The lowest BCUT2D eigenvalue weighted by Gasteiger charge is -2.17. The topological polar surface area (TPSA) is 74.7 Å². The zero-order valence-corrected chi connectivity index (χ0v) is 7.96. The van der Waals surface area contributed by atoms with E-state index >= 15 is 0 Å². The van der Waals surface area contributed by atoms with Crippen molar-refractivity contribution < 1.29 is 4.42 Å². The Kier molecular flexibility index (Phi) is 2.52. The van der Waals surface area contributed by atoms with Gasteiger partial charge in [0.1, 0.15) is 6.42 Å². The summed E-state index contributed by atoms with van der Waals surface area (Å²) < 4.78 is 5.14. The number of hydrogen-bond acceptors (Lipinski definition) is 5. The Morgan fingerprint density at radius 2 is 2.15 bits per heavy atom. The molecular formula is C8H12N4O. The summed E-state index contributed by atoms with van der Waals surface area (Å²) in [6.07, 6.45) is 0.152. The zero-order chi connectivity index (χ0) is 9.90. The summed E-state index contributed by atoms with van der Waals surface area (Å²) in [5.41, 5.74) is -0.115. The lowest BCUT2D eigenvalue weighted by Crippen LogP contribution is -2.26. The number of rotatable bonds is 2. The van der Waals surface area contributed by atoms with Gasteiger partial charge in [0, 0.05) is 5.54 Å². The molecular weight excluding hydrogens is 168 g/mol. The number of aromatic nitrogens is 2. The highest BCUT2D eigenvalue weighted by molar-refractivity contribution is 5.21. The van der Waals surface area contributed by atoms with E-state index in [0.717, 1.165) is 0 Å². The molecule has 5 heteroatoms. The lowest BCUT2D eigenvalue weighted by atomic mass is 10.1. The number of nitrogens with zero attached hydrogens (tertiary/aromatic N) is 3. The molecule has 0 spiro atoms. The summed E-state index contributed by atoms with van der Waals surface area (Å²) in [5.74, 6) is 0.342. The quantitative estimate of drug-likeness (QED) is 0.743. The molecule has 0 radical (unpaired) electrons. The van der Waals surface area contributed by atoms with Crippen molar-refractivity contribution in [2.75, 3.05) is 5.32 Å². The van der Waals surface area contributed by atoms with E-state index < -0.39 is 0 Å². The molecule has 0 atom stereocenters. The molecule has 5 nitrogen and oxygen atoms in total. The summed E-state index contributed by atoms with van der Waals surface area (Å²) in [4.78, 5) is 0. The molecule has 0 fully saturated rings. The van der Waals surface area contributed by atoms with Crippen LogP contribution in [0.1, 0.15) is 26.7 Å².